The number of hydrogen-bond acceptors (Lipinski definition) is 6. The lowest BCUT2D eigenvalue weighted by Crippen LogP contribution is -2.39. The van der Waals surface area contributed by atoms with Crippen LogP contribution in [0.2, 0.25) is 0 Å². The smallest absolute Gasteiger partial charge is 0.260 e. The molecule has 0 heterocycles. The minimum Gasteiger partial charge on any atom is -0.493 e. The van der Waals surface area contributed by atoms with E-state index in [-0.39, 0.29) is 6.54 Å². The van der Waals surface area contributed by atoms with E-state index in [1.807, 2.05) is 19.9 Å². The number of benzene rings is 2. The zero-order chi connectivity index (χ0) is 22.5. The van der Waals surface area contributed by atoms with Gasteiger partial charge in [0, 0.05) is 5.56 Å². The summed E-state index contributed by atoms with van der Waals surface area (Å²) < 4.78 is 36.1. The average Bonchev–Trinajstić information content (AvgIpc) is 2.67. The highest BCUT2D eigenvalue weighted by Crippen LogP contribution is 2.27. The summed E-state index contributed by atoms with van der Waals surface area (Å²) in [7, 11) is -0.586. The van der Waals surface area contributed by atoms with E-state index in [1.165, 1.54) is 7.11 Å². The van der Waals surface area contributed by atoms with Crippen molar-refractivity contribution in [2.45, 2.75) is 20.8 Å². The van der Waals surface area contributed by atoms with Crippen molar-refractivity contribution in [1.29, 1.82) is 0 Å². The highest BCUT2D eigenvalue weighted by atomic mass is 32.2. The Bertz CT molecular complexity index is 1040. The van der Waals surface area contributed by atoms with Crippen molar-refractivity contribution in [3.05, 3.63) is 53.1 Å². The van der Waals surface area contributed by atoms with Gasteiger partial charge in [-0.05, 0) is 62.2 Å². The molecular weight excluding hydrogens is 406 g/mol. The first-order chi connectivity index (χ1) is 14.0. The van der Waals surface area contributed by atoms with E-state index < -0.39 is 15.9 Å². The summed E-state index contributed by atoms with van der Waals surface area (Å²) >= 11 is 0. The van der Waals surface area contributed by atoms with Crippen LogP contribution in [0, 0.1) is 13.8 Å². The van der Waals surface area contributed by atoms with Gasteiger partial charge in [-0.3, -0.25) is 9.10 Å². The SMILES string of the molecule is COc1ccc(/C(C)=N\NC(=O)CN(c2cc(C)cc(C)c2)S(C)(=O)=O)cc1OC. The minimum absolute atomic E-state index is 0.384. The first-order valence-corrected chi connectivity index (χ1v) is 11.0. The molecule has 2 rings (SSSR count). The molecule has 0 bridgehead atoms. The maximum Gasteiger partial charge on any atom is 0.260 e. The van der Waals surface area contributed by atoms with Crippen LogP contribution in [0.5, 0.6) is 11.5 Å². The van der Waals surface area contributed by atoms with E-state index in [1.54, 1.807) is 44.4 Å². The number of carbonyl (C=O) groups is 1. The van der Waals surface area contributed by atoms with Crippen LogP contribution in [-0.4, -0.2) is 47.1 Å². The van der Waals surface area contributed by atoms with Crippen molar-refractivity contribution in [1.82, 2.24) is 5.43 Å². The third kappa shape index (κ3) is 5.96. The molecule has 0 saturated heterocycles. The second-order valence-electron chi connectivity index (χ2n) is 6.92. The number of carbonyl (C=O) groups excluding carboxylic acids is 1. The van der Waals surface area contributed by atoms with Crippen LogP contribution in [0.4, 0.5) is 5.69 Å². The van der Waals surface area contributed by atoms with E-state index >= 15 is 0 Å². The summed E-state index contributed by atoms with van der Waals surface area (Å²) in [6.07, 6.45) is 1.07. The van der Waals surface area contributed by atoms with Gasteiger partial charge < -0.3 is 9.47 Å². The quantitative estimate of drug-likeness (QED) is 0.510. The van der Waals surface area contributed by atoms with Gasteiger partial charge in [0.1, 0.15) is 6.54 Å². The summed E-state index contributed by atoms with van der Waals surface area (Å²) in [6.45, 7) is 5.08. The molecule has 1 N–H and O–H groups in total. The van der Waals surface area contributed by atoms with Gasteiger partial charge >= 0.3 is 0 Å². The van der Waals surface area contributed by atoms with Crippen molar-refractivity contribution in [3.8, 4) is 11.5 Å². The van der Waals surface area contributed by atoms with Crippen LogP contribution in [0.25, 0.3) is 0 Å². The molecule has 1 amide bonds. The number of aryl methyl sites for hydroxylation is 2. The number of sulfonamides is 1. The second kappa shape index (κ2) is 9.62. The lowest BCUT2D eigenvalue weighted by atomic mass is 10.1. The fourth-order valence-corrected chi connectivity index (χ4v) is 3.77. The molecule has 0 aromatic heterocycles. The highest BCUT2D eigenvalue weighted by molar-refractivity contribution is 7.92. The number of amides is 1. The van der Waals surface area contributed by atoms with Gasteiger partial charge in [0.05, 0.1) is 31.9 Å². The number of methoxy groups -OCH3 is 2. The Kier molecular flexibility index (Phi) is 7.44. The molecular formula is C21H27N3O5S. The zero-order valence-corrected chi connectivity index (χ0v) is 18.8. The zero-order valence-electron chi connectivity index (χ0n) is 18.0. The molecule has 0 aliphatic carbocycles. The highest BCUT2D eigenvalue weighted by Gasteiger charge is 2.21. The Hall–Kier alpha value is -3.07. The van der Waals surface area contributed by atoms with Crippen molar-refractivity contribution < 1.29 is 22.7 Å². The summed E-state index contributed by atoms with van der Waals surface area (Å²) in [5.74, 6) is 0.559. The van der Waals surface area contributed by atoms with Gasteiger partial charge in [-0.2, -0.15) is 5.10 Å². The van der Waals surface area contributed by atoms with Gasteiger partial charge in [0.2, 0.25) is 10.0 Å². The topological polar surface area (TPSA) is 97.3 Å². The Morgan fingerprint density at radius 2 is 1.63 bits per heavy atom. The fraction of sp³-hybridized carbons (Fsp3) is 0.333. The Morgan fingerprint density at radius 3 is 2.17 bits per heavy atom. The van der Waals surface area contributed by atoms with Crippen LogP contribution in [0.1, 0.15) is 23.6 Å². The molecule has 2 aromatic carbocycles. The van der Waals surface area contributed by atoms with Crippen molar-refractivity contribution in [2.24, 2.45) is 5.10 Å². The number of rotatable bonds is 8. The number of anilines is 1. The van der Waals surface area contributed by atoms with Gasteiger partial charge in [-0.1, -0.05) is 6.07 Å². The van der Waals surface area contributed by atoms with E-state index in [2.05, 4.69) is 10.5 Å². The Morgan fingerprint density at radius 1 is 1.03 bits per heavy atom. The van der Waals surface area contributed by atoms with E-state index in [9.17, 15) is 13.2 Å². The number of ether oxygens (including phenoxy) is 2. The number of nitrogens with one attached hydrogen (secondary N) is 1. The molecule has 8 nitrogen and oxygen atoms in total. The van der Waals surface area contributed by atoms with Crippen LogP contribution in [0.15, 0.2) is 41.5 Å². The average molecular weight is 434 g/mol. The monoisotopic (exact) mass is 433 g/mol. The van der Waals surface area contributed by atoms with Gasteiger partial charge in [0.25, 0.3) is 5.91 Å². The van der Waals surface area contributed by atoms with Crippen LogP contribution >= 0.6 is 0 Å². The molecule has 0 fully saturated rings. The van der Waals surface area contributed by atoms with E-state index in [0.717, 1.165) is 27.3 Å². The fourth-order valence-electron chi connectivity index (χ4n) is 2.93. The largest absolute Gasteiger partial charge is 0.493 e. The molecule has 0 spiro atoms. The Labute approximate surface area is 177 Å². The minimum atomic E-state index is -3.66. The predicted octanol–water partition coefficient (Wildman–Crippen LogP) is 2.63. The van der Waals surface area contributed by atoms with E-state index in [4.69, 9.17) is 9.47 Å². The number of nitrogens with zero attached hydrogens (tertiary/aromatic N) is 2. The number of hydrazone groups is 1. The summed E-state index contributed by atoms with van der Waals surface area (Å²) in [4.78, 5) is 12.4. The molecule has 0 saturated carbocycles. The molecule has 0 atom stereocenters. The van der Waals surface area contributed by atoms with Crippen LogP contribution in [-0.2, 0) is 14.8 Å². The predicted molar refractivity (Wildman–Crippen MR) is 118 cm³/mol. The van der Waals surface area contributed by atoms with Crippen LogP contribution < -0.4 is 19.2 Å². The number of hydrogen-bond donors (Lipinski definition) is 1. The van der Waals surface area contributed by atoms with Gasteiger partial charge in [0.15, 0.2) is 11.5 Å². The first-order valence-electron chi connectivity index (χ1n) is 9.16. The molecule has 9 heteroatoms. The standard InChI is InChI=1S/C21H27N3O5S/c1-14-9-15(2)11-18(10-14)24(30(6,26)27)13-21(25)23-22-16(3)17-7-8-19(28-4)20(12-17)29-5/h7-12H,13H2,1-6H3,(H,23,25)/b22-16-. The van der Waals surface area contributed by atoms with E-state index in [0.29, 0.717) is 22.9 Å². The molecule has 0 radical (unpaired) electrons. The van der Waals surface area contributed by atoms with Crippen molar-refractivity contribution in [3.63, 3.8) is 0 Å². The maximum absolute atomic E-state index is 12.4. The first kappa shape index (κ1) is 23.2. The molecule has 162 valence electrons. The van der Waals surface area contributed by atoms with Crippen molar-refractivity contribution in [2.75, 3.05) is 31.3 Å². The Balaban J connectivity index is 2.19. The third-order valence-electron chi connectivity index (χ3n) is 4.33. The van der Waals surface area contributed by atoms with Crippen LogP contribution in [0.3, 0.4) is 0 Å². The lowest BCUT2D eigenvalue weighted by Gasteiger charge is -2.22. The summed E-state index contributed by atoms with van der Waals surface area (Å²) in [6, 6.07) is 10.6. The second-order valence-corrected chi connectivity index (χ2v) is 8.82. The van der Waals surface area contributed by atoms with Gasteiger partial charge in [-0.25, -0.2) is 13.8 Å². The lowest BCUT2D eigenvalue weighted by molar-refractivity contribution is -0.119. The van der Waals surface area contributed by atoms with Crippen molar-refractivity contribution >= 4 is 27.3 Å². The molecule has 30 heavy (non-hydrogen) atoms. The summed E-state index contributed by atoms with van der Waals surface area (Å²) in [5, 5.41) is 4.09. The molecule has 2 aromatic rings. The summed E-state index contributed by atoms with van der Waals surface area (Å²) in [5.41, 5.74) is 5.92. The third-order valence-corrected chi connectivity index (χ3v) is 5.47. The molecule has 0 aliphatic heterocycles. The molecule has 0 aliphatic rings. The molecule has 0 unspecified atom stereocenters. The van der Waals surface area contributed by atoms with Gasteiger partial charge in [-0.15, -0.1) is 0 Å². The normalized spacial score (nSPS) is 11.7. The maximum atomic E-state index is 12.4.